The second kappa shape index (κ2) is 5.37. The summed E-state index contributed by atoms with van der Waals surface area (Å²) in [5.41, 5.74) is 1.27. The summed E-state index contributed by atoms with van der Waals surface area (Å²) >= 11 is 6.25. The lowest BCUT2D eigenvalue weighted by Gasteiger charge is -2.28. The van der Waals surface area contributed by atoms with Crippen LogP contribution in [0, 0.1) is 18.3 Å². The number of aryl methyl sites for hydroxylation is 2. The number of carboxylic acids is 1. The summed E-state index contributed by atoms with van der Waals surface area (Å²) in [7, 11) is 1.82. The molecule has 1 aliphatic rings. The van der Waals surface area contributed by atoms with Gasteiger partial charge >= 0.3 is 5.97 Å². The van der Waals surface area contributed by atoms with Crippen molar-refractivity contribution in [1.82, 2.24) is 14.7 Å². The summed E-state index contributed by atoms with van der Waals surface area (Å²) in [6.45, 7) is 7.93. The molecule has 20 heavy (non-hydrogen) atoms. The van der Waals surface area contributed by atoms with Crippen LogP contribution < -0.4 is 0 Å². The fourth-order valence-electron chi connectivity index (χ4n) is 3.02. The molecule has 0 spiro atoms. The number of aliphatic carboxylic acids is 1. The number of hydrogen-bond donors (Lipinski definition) is 1. The highest BCUT2D eigenvalue weighted by Gasteiger charge is 2.47. The Balaban J connectivity index is 2.16. The highest BCUT2D eigenvalue weighted by Crippen LogP contribution is 2.39. The van der Waals surface area contributed by atoms with Crippen LogP contribution >= 0.6 is 11.6 Å². The quantitative estimate of drug-likeness (QED) is 0.927. The van der Waals surface area contributed by atoms with Gasteiger partial charge < -0.3 is 5.11 Å². The van der Waals surface area contributed by atoms with Gasteiger partial charge in [-0.25, -0.2) is 0 Å². The molecule has 1 aromatic heterocycles. The topological polar surface area (TPSA) is 58.4 Å². The molecule has 0 bridgehead atoms. The van der Waals surface area contributed by atoms with E-state index in [0.29, 0.717) is 24.7 Å². The molecule has 1 N–H and O–H groups in total. The molecule has 5 nitrogen and oxygen atoms in total. The van der Waals surface area contributed by atoms with Crippen LogP contribution in [0.2, 0.25) is 5.15 Å². The van der Waals surface area contributed by atoms with E-state index < -0.39 is 11.4 Å². The first-order valence-corrected chi connectivity index (χ1v) is 7.29. The van der Waals surface area contributed by atoms with Gasteiger partial charge in [0.05, 0.1) is 11.1 Å². The third-order valence-corrected chi connectivity index (χ3v) is 5.04. The smallest absolute Gasteiger partial charge is 0.311 e. The maximum absolute atomic E-state index is 11.6. The van der Waals surface area contributed by atoms with Gasteiger partial charge in [0.25, 0.3) is 0 Å². The third kappa shape index (κ3) is 2.44. The van der Waals surface area contributed by atoms with E-state index >= 15 is 0 Å². The van der Waals surface area contributed by atoms with Crippen LogP contribution in [0.1, 0.15) is 31.5 Å². The Kier molecular flexibility index (Phi) is 4.12. The average molecular weight is 300 g/mol. The predicted molar refractivity (Wildman–Crippen MR) is 77.8 cm³/mol. The molecule has 0 amide bonds. The second-order valence-electron chi connectivity index (χ2n) is 6.06. The first-order chi connectivity index (χ1) is 9.28. The molecule has 1 unspecified atom stereocenters. The molecule has 1 aliphatic heterocycles. The van der Waals surface area contributed by atoms with E-state index in [9.17, 15) is 9.90 Å². The number of nitrogens with zero attached hydrogens (tertiary/aromatic N) is 3. The number of aromatic nitrogens is 2. The van der Waals surface area contributed by atoms with Crippen molar-refractivity contribution in [3.63, 3.8) is 0 Å². The van der Waals surface area contributed by atoms with E-state index in [1.807, 2.05) is 27.8 Å². The molecular formula is C14H22ClN3O2. The van der Waals surface area contributed by atoms with Crippen molar-refractivity contribution in [2.24, 2.45) is 18.4 Å². The highest BCUT2D eigenvalue weighted by atomic mass is 35.5. The predicted octanol–water partition coefficient (Wildman–Crippen LogP) is 2.31. The van der Waals surface area contributed by atoms with Crippen molar-refractivity contribution in [3.8, 4) is 0 Å². The zero-order valence-electron chi connectivity index (χ0n) is 12.5. The van der Waals surface area contributed by atoms with Gasteiger partial charge in [-0.2, -0.15) is 5.10 Å². The summed E-state index contributed by atoms with van der Waals surface area (Å²) in [6, 6.07) is 0. The Morgan fingerprint density at radius 2 is 2.20 bits per heavy atom. The summed E-state index contributed by atoms with van der Waals surface area (Å²) in [5, 5.41) is 14.5. The van der Waals surface area contributed by atoms with Gasteiger partial charge in [-0.1, -0.05) is 25.4 Å². The Hall–Kier alpha value is -1.07. The van der Waals surface area contributed by atoms with Crippen LogP contribution in [0.4, 0.5) is 0 Å². The van der Waals surface area contributed by atoms with Crippen LogP contribution in [-0.2, 0) is 18.4 Å². The average Bonchev–Trinajstić information content (AvgIpc) is 2.88. The molecule has 1 aromatic rings. The number of carbonyl (C=O) groups is 1. The van der Waals surface area contributed by atoms with E-state index in [1.165, 1.54) is 0 Å². The van der Waals surface area contributed by atoms with Gasteiger partial charge in [-0.05, 0) is 25.8 Å². The molecule has 112 valence electrons. The van der Waals surface area contributed by atoms with E-state index in [4.69, 9.17) is 11.6 Å². The lowest BCUT2D eigenvalue weighted by molar-refractivity contribution is -0.151. The zero-order valence-corrected chi connectivity index (χ0v) is 13.2. The van der Waals surface area contributed by atoms with E-state index in [-0.39, 0.29) is 5.92 Å². The van der Waals surface area contributed by atoms with Gasteiger partial charge in [0.2, 0.25) is 0 Å². The number of hydrogen-bond acceptors (Lipinski definition) is 3. The van der Waals surface area contributed by atoms with Crippen LogP contribution in [0.25, 0.3) is 0 Å². The minimum absolute atomic E-state index is 0.121. The Labute approximate surface area is 124 Å². The van der Waals surface area contributed by atoms with Crippen LogP contribution in [0.3, 0.4) is 0 Å². The van der Waals surface area contributed by atoms with Gasteiger partial charge in [-0.15, -0.1) is 0 Å². The van der Waals surface area contributed by atoms with Gasteiger partial charge in [0, 0.05) is 25.7 Å². The molecule has 0 aromatic carbocycles. The fourth-order valence-corrected chi connectivity index (χ4v) is 3.25. The van der Waals surface area contributed by atoms with Crippen LogP contribution in [0.15, 0.2) is 0 Å². The first-order valence-electron chi connectivity index (χ1n) is 6.91. The van der Waals surface area contributed by atoms with Crippen LogP contribution in [0.5, 0.6) is 0 Å². The highest BCUT2D eigenvalue weighted by molar-refractivity contribution is 6.30. The zero-order chi connectivity index (χ0) is 15.1. The maximum atomic E-state index is 11.6. The molecule has 1 atom stereocenters. The Bertz CT molecular complexity index is 527. The minimum atomic E-state index is -0.691. The lowest BCUT2D eigenvalue weighted by atomic mass is 9.76. The normalized spacial score (nSPS) is 23.7. The fraction of sp³-hybridized carbons (Fsp3) is 0.714. The number of halogens is 1. The van der Waals surface area contributed by atoms with Crippen molar-refractivity contribution >= 4 is 17.6 Å². The second-order valence-corrected chi connectivity index (χ2v) is 6.41. The van der Waals surface area contributed by atoms with Gasteiger partial charge in [-0.3, -0.25) is 14.4 Å². The number of rotatable bonds is 4. The van der Waals surface area contributed by atoms with Gasteiger partial charge in [0.15, 0.2) is 0 Å². The third-order valence-electron chi connectivity index (χ3n) is 4.56. The molecule has 2 rings (SSSR count). The molecule has 1 fully saturated rings. The molecule has 2 heterocycles. The lowest BCUT2D eigenvalue weighted by Crippen LogP contribution is -2.39. The molecule has 1 saturated heterocycles. The molecule has 0 aliphatic carbocycles. The van der Waals surface area contributed by atoms with Crippen molar-refractivity contribution < 1.29 is 9.90 Å². The summed E-state index contributed by atoms with van der Waals surface area (Å²) in [5.74, 6) is -0.570. The summed E-state index contributed by atoms with van der Waals surface area (Å²) in [4.78, 5) is 13.8. The van der Waals surface area contributed by atoms with Gasteiger partial charge in [0.1, 0.15) is 5.15 Å². The molecule has 0 radical (unpaired) electrons. The van der Waals surface area contributed by atoms with Crippen molar-refractivity contribution in [2.75, 3.05) is 13.1 Å². The monoisotopic (exact) mass is 299 g/mol. The van der Waals surface area contributed by atoms with E-state index in [1.54, 1.807) is 4.68 Å². The number of carboxylic acid groups (broad SMARTS) is 1. The minimum Gasteiger partial charge on any atom is -0.481 e. The summed E-state index contributed by atoms with van der Waals surface area (Å²) < 4.78 is 1.66. The van der Waals surface area contributed by atoms with Crippen molar-refractivity contribution in [1.29, 1.82) is 0 Å². The molecule has 6 heteroatoms. The van der Waals surface area contributed by atoms with Crippen molar-refractivity contribution in [2.45, 2.75) is 33.7 Å². The van der Waals surface area contributed by atoms with E-state index in [2.05, 4.69) is 10.00 Å². The molecular weight excluding hydrogens is 278 g/mol. The van der Waals surface area contributed by atoms with E-state index in [0.717, 1.165) is 17.8 Å². The first kappa shape index (κ1) is 15.3. The summed E-state index contributed by atoms with van der Waals surface area (Å²) in [6.07, 6.45) is 0.691. The number of likely N-dealkylation sites (tertiary alicyclic amines) is 1. The molecule has 0 saturated carbocycles. The SMILES string of the molecule is Cc1nn(C)c(Cl)c1CN1CCC(C(=O)O)(C(C)C)C1. The largest absolute Gasteiger partial charge is 0.481 e. The maximum Gasteiger partial charge on any atom is 0.311 e. The Morgan fingerprint density at radius 3 is 2.60 bits per heavy atom. The van der Waals surface area contributed by atoms with Crippen molar-refractivity contribution in [3.05, 3.63) is 16.4 Å². The Morgan fingerprint density at radius 1 is 1.55 bits per heavy atom. The van der Waals surface area contributed by atoms with Crippen LogP contribution in [-0.4, -0.2) is 38.8 Å². The standard InChI is InChI=1S/C14H22ClN3O2/c1-9(2)14(13(19)20)5-6-18(8-14)7-11-10(3)16-17(4)12(11)15/h9H,5-8H2,1-4H3,(H,19,20).